The Morgan fingerprint density at radius 2 is 2.00 bits per heavy atom. The molecule has 0 spiro atoms. The lowest BCUT2D eigenvalue weighted by Crippen LogP contribution is -2.26. The minimum atomic E-state index is -0.0930. The third-order valence-corrected chi connectivity index (χ3v) is 3.46. The molecule has 0 aliphatic carbocycles. The van der Waals surface area contributed by atoms with Gasteiger partial charge in [-0.05, 0) is 24.3 Å². The maximum absolute atomic E-state index is 12.1. The van der Waals surface area contributed by atoms with E-state index in [4.69, 9.17) is 0 Å². The average Bonchev–Trinajstić information content (AvgIpc) is 3.01. The Morgan fingerprint density at radius 3 is 2.70 bits per heavy atom. The quantitative estimate of drug-likeness (QED) is 0.788. The van der Waals surface area contributed by atoms with Crippen LogP contribution in [0.2, 0.25) is 0 Å². The SMILES string of the molecule is Cn1cccc1C(=O)NCc1nc2ccccc2n1C. The van der Waals surface area contributed by atoms with Gasteiger partial charge in [0.25, 0.3) is 5.91 Å². The van der Waals surface area contributed by atoms with Gasteiger partial charge in [0, 0.05) is 20.3 Å². The molecule has 2 heterocycles. The number of para-hydroxylation sites is 2. The van der Waals surface area contributed by atoms with E-state index >= 15 is 0 Å². The van der Waals surface area contributed by atoms with Gasteiger partial charge in [-0.3, -0.25) is 4.79 Å². The van der Waals surface area contributed by atoms with Gasteiger partial charge >= 0.3 is 0 Å². The zero-order valence-electron chi connectivity index (χ0n) is 11.5. The Labute approximate surface area is 116 Å². The molecule has 0 saturated heterocycles. The molecule has 0 bridgehead atoms. The van der Waals surface area contributed by atoms with Crippen LogP contribution in [0.15, 0.2) is 42.6 Å². The van der Waals surface area contributed by atoms with E-state index in [0.29, 0.717) is 12.2 Å². The molecule has 102 valence electrons. The second kappa shape index (κ2) is 4.85. The fourth-order valence-electron chi connectivity index (χ4n) is 2.30. The maximum atomic E-state index is 12.1. The molecule has 0 unspecified atom stereocenters. The lowest BCUT2D eigenvalue weighted by Gasteiger charge is -2.06. The van der Waals surface area contributed by atoms with Crippen molar-refractivity contribution in [3.8, 4) is 0 Å². The number of aryl methyl sites for hydroxylation is 2. The zero-order valence-corrected chi connectivity index (χ0v) is 11.5. The Balaban J connectivity index is 1.79. The molecule has 0 radical (unpaired) electrons. The van der Waals surface area contributed by atoms with Crippen molar-refractivity contribution < 1.29 is 4.79 Å². The summed E-state index contributed by atoms with van der Waals surface area (Å²) >= 11 is 0. The van der Waals surface area contributed by atoms with Gasteiger partial charge in [0.2, 0.25) is 0 Å². The first-order chi connectivity index (χ1) is 9.66. The second-order valence-corrected chi connectivity index (χ2v) is 4.76. The van der Waals surface area contributed by atoms with Gasteiger partial charge in [-0.1, -0.05) is 12.1 Å². The van der Waals surface area contributed by atoms with Gasteiger partial charge in [-0.15, -0.1) is 0 Å². The number of nitrogens with zero attached hydrogens (tertiary/aromatic N) is 3. The predicted molar refractivity (Wildman–Crippen MR) is 77.3 cm³/mol. The van der Waals surface area contributed by atoms with Crippen molar-refractivity contribution in [1.29, 1.82) is 0 Å². The van der Waals surface area contributed by atoms with Crippen molar-refractivity contribution in [2.24, 2.45) is 14.1 Å². The van der Waals surface area contributed by atoms with Gasteiger partial charge in [0.1, 0.15) is 11.5 Å². The third-order valence-electron chi connectivity index (χ3n) is 3.46. The number of hydrogen-bond donors (Lipinski definition) is 1. The Bertz CT molecular complexity index is 769. The summed E-state index contributed by atoms with van der Waals surface area (Å²) in [5.41, 5.74) is 2.65. The van der Waals surface area contributed by atoms with Crippen LogP contribution in [0, 0.1) is 0 Å². The molecule has 0 saturated carbocycles. The highest BCUT2D eigenvalue weighted by molar-refractivity contribution is 5.92. The van der Waals surface area contributed by atoms with E-state index in [2.05, 4.69) is 10.3 Å². The van der Waals surface area contributed by atoms with E-state index in [9.17, 15) is 4.79 Å². The van der Waals surface area contributed by atoms with Crippen molar-refractivity contribution >= 4 is 16.9 Å². The largest absolute Gasteiger partial charge is 0.347 e. The van der Waals surface area contributed by atoms with Crippen molar-refractivity contribution in [2.45, 2.75) is 6.54 Å². The monoisotopic (exact) mass is 268 g/mol. The number of fused-ring (bicyclic) bond motifs is 1. The fraction of sp³-hybridized carbons (Fsp3) is 0.200. The highest BCUT2D eigenvalue weighted by atomic mass is 16.1. The third kappa shape index (κ3) is 2.07. The number of nitrogens with one attached hydrogen (secondary N) is 1. The molecule has 0 atom stereocenters. The molecule has 5 heteroatoms. The minimum absolute atomic E-state index is 0.0930. The number of rotatable bonds is 3. The van der Waals surface area contributed by atoms with Gasteiger partial charge in [-0.2, -0.15) is 0 Å². The summed E-state index contributed by atoms with van der Waals surface area (Å²) in [6, 6.07) is 11.6. The van der Waals surface area contributed by atoms with Crippen LogP contribution >= 0.6 is 0 Å². The molecule has 0 fully saturated rings. The smallest absolute Gasteiger partial charge is 0.268 e. The number of carbonyl (C=O) groups is 1. The Kier molecular flexibility index (Phi) is 3.02. The predicted octanol–water partition coefficient (Wildman–Crippen LogP) is 1.84. The molecule has 1 N–H and O–H groups in total. The van der Waals surface area contributed by atoms with Crippen LogP contribution in [0.1, 0.15) is 16.3 Å². The standard InChI is InChI=1S/C15H16N4O/c1-18-9-5-8-13(18)15(20)16-10-14-17-11-6-3-4-7-12(11)19(14)2/h3-9H,10H2,1-2H3,(H,16,20). The van der Waals surface area contributed by atoms with Crippen LogP contribution in [0.5, 0.6) is 0 Å². The summed E-state index contributed by atoms with van der Waals surface area (Å²) in [4.78, 5) is 16.6. The summed E-state index contributed by atoms with van der Waals surface area (Å²) in [6.07, 6.45) is 1.85. The molecule has 20 heavy (non-hydrogen) atoms. The Hall–Kier alpha value is -2.56. The zero-order chi connectivity index (χ0) is 14.1. The number of hydrogen-bond acceptors (Lipinski definition) is 2. The van der Waals surface area contributed by atoms with Crippen LogP contribution in [0.4, 0.5) is 0 Å². The van der Waals surface area contributed by atoms with Crippen LogP contribution in [0.3, 0.4) is 0 Å². The molecule has 1 amide bonds. The van der Waals surface area contributed by atoms with Crippen LogP contribution < -0.4 is 5.32 Å². The molecule has 0 aliphatic rings. The van der Waals surface area contributed by atoms with Gasteiger partial charge in [-0.25, -0.2) is 4.98 Å². The summed E-state index contributed by atoms with van der Waals surface area (Å²) < 4.78 is 3.80. The molecular formula is C15H16N4O. The van der Waals surface area contributed by atoms with Crippen LogP contribution in [-0.2, 0) is 20.6 Å². The first-order valence-electron chi connectivity index (χ1n) is 6.46. The van der Waals surface area contributed by atoms with Crippen molar-refractivity contribution in [2.75, 3.05) is 0 Å². The summed E-state index contributed by atoms with van der Waals surface area (Å²) in [5.74, 6) is 0.748. The lowest BCUT2D eigenvalue weighted by atomic mass is 10.3. The molecule has 5 nitrogen and oxygen atoms in total. The van der Waals surface area contributed by atoms with Crippen molar-refractivity contribution in [3.05, 3.63) is 54.1 Å². The molecule has 0 aliphatic heterocycles. The van der Waals surface area contributed by atoms with Gasteiger partial charge in [0.05, 0.1) is 17.6 Å². The number of carbonyl (C=O) groups excluding carboxylic acids is 1. The number of amides is 1. The highest BCUT2D eigenvalue weighted by Gasteiger charge is 2.11. The lowest BCUT2D eigenvalue weighted by molar-refractivity contribution is 0.0941. The highest BCUT2D eigenvalue weighted by Crippen LogP contribution is 2.14. The maximum Gasteiger partial charge on any atom is 0.268 e. The molecule has 3 rings (SSSR count). The van der Waals surface area contributed by atoms with Crippen molar-refractivity contribution in [3.63, 3.8) is 0 Å². The molecule has 3 aromatic rings. The van der Waals surface area contributed by atoms with E-state index in [1.807, 2.05) is 55.2 Å². The number of imidazole rings is 1. The molecule has 1 aromatic carbocycles. The van der Waals surface area contributed by atoms with Gasteiger partial charge < -0.3 is 14.5 Å². The number of benzene rings is 1. The van der Waals surface area contributed by atoms with Gasteiger partial charge in [0.15, 0.2) is 0 Å². The van der Waals surface area contributed by atoms with Crippen LogP contribution in [0.25, 0.3) is 11.0 Å². The first kappa shape index (κ1) is 12.5. The Morgan fingerprint density at radius 1 is 1.20 bits per heavy atom. The van der Waals surface area contributed by atoms with E-state index in [1.54, 1.807) is 10.6 Å². The van der Waals surface area contributed by atoms with E-state index in [-0.39, 0.29) is 5.91 Å². The average molecular weight is 268 g/mol. The van der Waals surface area contributed by atoms with Crippen LogP contribution in [-0.4, -0.2) is 20.0 Å². The number of aromatic nitrogens is 3. The second-order valence-electron chi connectivity index (χ2n) is 4.76. The van der Waals surface area contributed by atoms with E-state index in [1.165, 1.54) is 0 Å². The van der Waals surface area contributed by atoms with Crippen molar-refractivity contribution in [1.82, 2.24) is 19.4 Å². The first-order valence-corrected chi connectivity index (χ1v) is 6.46. The normalized spacial score (nSPS) is 10.9. The summed E-state index contributed by atoms with van der Waals surface area (Å²) in [7, 11) is 3.81. The minimum Gasteiger partial charge on any atom is -0.347 e. The fourth-order valence-corrected chi connectivity index (χ4v) is 2.30. The topological polar surface area (TPSA) is 51.9 Å². The van der Waals surface area contributed by atoms with E-state index < -0.39 is 0 Å². The molecular weight excluding hydrogens is 252 g/mol. The summed E-state index contributed by atoms with van der Waals surface area (Å²) in [5, 5.41) is 2.90. The molecule has 2 aromatic heterocycles. The summed E-state index contributed by atoms with van der Waals surface area (Å²) in [6.45, 7) is 0.412. The van der Waals surface area contributed by atoms with E-state index in [0.717, 1.165) is 16.9 Å².